The molecule has 1 aromatic rings. The highest BCUT2D eigenvalue weighted by molar-refractivity contribution is 5.82. The third kappa shape index (κ3) is 2.35. The molecule has 0 spiro atoms. The molecule has 82 valence electrons. The monoisotopic (exact) mass is 210 g/mol. The number of halogens is 1. The van der Waals surface area contributed by atoms with Gasteiger partial charge in [-0.1, -0.05) is 30.3 Å². The SMILES string of the molecule is CCOC(=O)C(C)(CF)c1ccccc1. The molecule has 0 aliphatic carbocycles. The Bertz CT molecular complexity index is 324. The molecule has 1 aromatic carbocycles. The highest BCUT2D eigenvalue weighted by Crippen LogP contribution is 2.25. The molecule has 1 rings (SSSR count). The second-order valence-electron chi connectivity index (χ2n) is 3.55. The number of carbonyl (C=O) groups is 1. The van der Waals surface area contributed by atoms with Crippen LogP contribution in [0, 0.1) is 0 Å². The topological polar surface area (TPSA) is 26.3 Å². The summed E-state index contributed by atoms with van der Waals surface area (Å²) in [4.78, 5) is 11.6. The molecule has 0 amide bonds. The molecule has 0 heterocycles. The zero-order chi connectivity index (χ0) is 11.3. The van der Waals surface area contributed by atoms with Gasteiger partial charge in [-0.2, -0.15) is 0 Å². The summed E-state index contributed by atoms with van der Waals surface area (Å²) in [7, 11) is 0. The Labute approximate surface area is 89.1 Å². The lowest BCUT2D eigenvalue weighted by Gasteiger charge is -2.24. The molecule has 0 aliphatic heterocycles. The average molecular weight is 210 g/mol. The number of hydrogen-bond donors (Lipinski definition) is 0. The summed E-state index contributed by atoms with van der Waals surface area (Å²) in [6.45, 7) is 2.78. The lowest BCUT2D eigenvalue weighted by atomic mass is 9.84. The minimum absolute atomic E-state index is 0.265. The molecule has 0 bridgehead atoms. The zero-order valence-electron chi connectivity index (χ0n) is 9.00. The van der Waals surface area contributed by atoms with Gasteiger partial charge in [0.05, 0.1) is 6.61 Å². The Hall–Kier alpha value is -1.38. The summed E-state index contributed by atoms with van der Waals surface area (Å²) >= 11 is 0. The maximum Gasteiger partial charge on any atom is 0.318 e. The number of alkyl halides is 1. The van der Waals surface area contributed by atoms with E-state index in [1.165, 1.54) is 0 Å². The molecular formula is C12H15FO2. The first kappa shape index (κ1) is 11.7. The first-order valence-electron chi connectivity index (χ1n) is 4.94. The first-order chi connectivity index (χ1) is 7.15. The van der Waals surface area contributed by atoms with Crippen molar-refractivity contribution in [3.05, 3.63) is 35.9 Å². The molecule has 0 aromatic heterocycles. The van der Waals surface area contributed by atoms with Crippen molar-refractivity contribution in [1.82, 2.24) is 0 Å². The Morgan fingerprint density at radius 3 is 2.47 bits per heavy atom. The highest BCUT2D eigenvalue weighted by Gasteiger charge is 2.36. The highest BCUT2D eigenvalue weighted by atomic mass is 19.1. The molecule has 0 saturated heterocycles. The van der Waals surface area contributed by atoms with E-state index in [-0.39, 0.29) is 6.61 Å². The van der Waals surface area contributed by atoms with Crippen molar-refractivity contribution in [2.24, 2.45) is 0 Å². The van der Waals surface area contributed by atoms with Crippen LogP contribution >= 0.6 is 0 Å². The third-order valence-corrected chi connectivity index (χ3v) is 2.40. The van der Waals surface area contributed by atoms with Crippen molar-refractivity contribution in [1.29, 1.82) is 0 Å². The van der Waals surface area contributed by atoms with Crippen molar-refractivity contribution in [3.63, 3.8) is 0 Å². The van der Waals surface area contributed by atoms with E-state index in [9.17, 15) is 9.18 Å². The maximum absolute atomic E-state index is 13.0. The van der Waals surface area contributed by atoms with Crippen molar-refractivity contribution in [3.8, 4) is 0 Å². The first-order valence-corrected chi connectivity index (χ1v) is 4.94. The molecule has 2 nitrogen and oxygen atoms in total. The van der Waals surface area contributed by atoms with Gasteiger partial charge in [-0.25, -0.2) is 4.39 Å². The van der Waals surface area contributed by atoms with Crippen molar-refractivity contribution in [2.45, 2.75) is 19.3 Å². The molecular weight excluding hydrogens is 195 g/mol. The fraction of sp³-hybridized carbons (Fsp3) is 0.417. The minimum Gasteiger partial charge on any atom is -0.465 e. The quantitative estimate of drug-likeness (QED) is 0.713. The van der Waals surface area contributed by atoms with Crippen molar-refractivity contribution < 1.29 is 13.9 Å². The van der Waals surface area contributed by atoms with E-state index < -0.39 is 18.1 Å². The zero-order valence-corrected chi connectivity index (χ0v) is 9.00. The van der Waals surface area contributed by atoms with Crippen LogP contribution < -0.4 is 0 Å². The van der Waals surface area contributed by atoms with Crippen LogP contribution in [0.4, 0.5) is 4.39 Å². The molecule has 15 heavy (non-hydrogen) atoms. The molecule has 3 heteroatoms. The van der Waals surface area contributed by atoms with Gasteiger partial charge in [0.1, 0.15) is 12.1 Å². The smallest absolute Gasteiger partial charge is 0.318 e. The molecule has 0 fully saturated rings. The molecule has 1 unspecified atom stereocenters. The van der Waals surface area contributed by atoms with Gasteiger partial charge in [0, 0.05) is 0 Å². The maximum atomic E-state index is 13.0. The third-order valence-electron chi connectivity index (χ3n) is 2.40. The number of benzene rings is 1. The van der Waals surface area contributed by atoms with E-state index in [1.807, 2.05) is 6.07 Å². The van der Waals surface area contributed by atoms with Crippen molar-refractivity contribution >= 4 is 5.97 Å². The summed E-state index contributed by atoms with van der Waals surface area (Å²) in [5, 5.41) is 0. The molecule has 0 aliphatic rings. The fourth-order valence-corrected chi connectivity index (χ4v) is 1.35. The van der Waals surface area contributed by atoms with Crippen LogP contribution in [-0.2, 0) is 14.9 Å². The summed E-state index contributed by atoms with van der Waals surface area (Å²) in [5.41, 5.74) is -0.539. The van der Waals surface area contributed by atoms with Crippen molar-refractivity contribution in [2.75, 3.05) is 13.3 Å². The second-order valence-corrected chi connectivity index (χ2v) is 3.55. The Morgan fingerprint density at radius 1 is 1.40 bits per heavy atom. The average Bonchev–Trinajstić information content (AvgIpc) is 2.29. The number of esters is 1. The minimum atomic E-state index is -1.18. The van der Waals surface area contributed by atoms with Crippen LogP contribution in [0.25, 0.3) is 0 Å². The van der Waals surface area contributed by atoms with Gasteiger partial charge in [-0.15, -0.1) is 0 Å². The van der Waals surface area contributed by atoms with Gasteiger partial charge in [-0.3, -0.25) is 4.79 Å². The number of rotatable bonds is 4. The predicted octanol–water partition coefficient (Wildman–Crippen LogP) is 2.48. The molecule has 1 atom stereocenters. The van der Waals surface area contributed by atoms with Crippen LogP contribution in [0.1, 0.15) is 19.4 Å². The van der Waals surface area contributed by atoms with Crippen LogP contribution in [0.5, 0.6) is 0 Å². The summed E-state index contributed by atoms with van der Waals surface area (Å²) in [6.07, 6.45) is 0. The lowest BCUT2D eigenvalue weighted by Crippen LogP contribution is -2.36. The summed E-state index contributed by atoms with van der Waals surface area (Å²) in [6, 6.07) is 8.85. The van der Waals surface area contributed by atoms with E-state index >= 15 is 0 Å². The number of carbonyl (C=O) groups excluding carboxylic acids is 1. The van der Waals surface area contributed by atoms with Crippen LogP contribution in [0.2, 0.25) is 0 Å². The van der Waals surface area contributed by atoms with Gasteiger partial charge in [0.2, 0.25) is 0 Å². The van der Waals surface area contributed by atoms with E-state index in [4.69, 9.17) is 4.74 Å². The van der Waals surface area contributed by atoms with Gasteiger partial charge < -0.3 is 4.74 Å². The van der Waals surface area contributed by atoms with E-state index in [0.29, 0.717) is 5.56 Å². The summed E-state index contributed by atoms with van der Waals surface area (Å²) < 4.78 is 17.9. The van der Waals surface area contributed by atoms with Gasteiger partial charge >= 0.3 is 5.97 Å². The fourth-order valence-electron chi connectivity index (χ4n) is 1.35. The largest absolute Gasteiger partial charge is 0.465 e. The van der Waals surface area contributed by atoms with Crippen LogP contribution in [0.15, 0.2) is 30.3 Å². The van der Waals surface area contributed by atoms with E-state index in [2.05, 4.69) is 0 Å². The molecule has 0 N–H and O–H groups in total. The Balaban J connectivity index is 3.00. The van der Waals surface area contributed by atoms with Gasteiger partial charge in [-0.05, 0) is 19.4 Å². The standard InChI is InChI=1S/C12H15FO2/c1-3-15-11(14)12(2,9-13)10-7-5-4-6-8-10/h4-8H,3,9H2,1-2H3. The molecule has 0 radical (unpaired) electrons. The van der Waals surface area contributed by atoms with Gasteiger partial charge in [0.25, 0.3) is 0 Å². The second kappa shape index (κ2) is 4.91. The van der Waals surface area contributed by atoms with E-state index in [1.54, 1.807) is 38.1 Å². The number of ether oxygens (including phenoxy) is 1. The summed E-state index contributed by atoms with van der Waals surface area (Å²) in [5.74, 6) is -0.515. The van der Waals surface area contributed by atoms with Gasteiger partial charge in [0.15, 0.2) is 0 Å². The number of hydrogen-bond acceptors (Lipinski definition) is 2. The Kier molecular flexibility index (Phi) is 3.83. The van der Waals surface area contributed by atoms with E-state index in [0.717, 1.165) is 0 Å². The molecule has 0 saturated carbocycles. The lowest BCUT2D eigenvalue weighted by molar-refractivity contribution is -0.150. The van der Waals surface area contributed by atoms with Crippen LogP contribution in [-0.4, -0.2) is 19.3 Å². The Morgan fingerprint density at radius 2 is 2.00 bits per heavy atom. The normalized spacial score (nSPS) is 14.3. The van der Waals surface area contributed by atoms with Crippen LogP contribution in [0.3, 0.4) is 0 Å². The predicted molar refractivity (Wildman–Crippen MR) is 56.4 cm³/mol.